The molecule has 55 heavy (non-hydrogen) atoms. The smallest absolute Gasteiger partial charge is 0.457 e. The molecule has 0 heterocycles. The molecule has 0 bridgehead atoms. The third kappa shape index (κ3) is 43.4. The average Bonchev–Trinajstić information content (AvgIpc) is 3.13. The third-order valence-corrected chi connectivity index (χ3v) is 10.4. The molecule has 0 rings (SSSR count). The Labute approximate surface area is 339 Å². The summed E-state index contributed by atoms with van der Waals surface area (Å²) in [5.74, 6) is -0.332. The van der Waals surface area contributed by atoms with Gasteiger partial charge >= 0.3 is 13.8 Å². The number of rotatable bonds is 41. The molecule has 0 spiro atoms. The van der Waals surface area contributed by atoms with Gasteiger partial charge in [0.25, 0.3) is 0 Å². The number of nitrogens with zero attached hydrogens (tertiary/aromatic N) is 1. The highest BCUT2D eigenvalue weighted by atomic mass is 31.2. The van der Waals surface area contributed by atoms with Gasteiger partial charge < -0.3 is 18.9 Å². The van der Waals surface area contributed by atoms with Crippen molar-refractivity contribution in [3.05, 3.63) is 48.6 Å². The van der Waals surface area contributed by atoms with Crippen LogP contribution in [-0.2, 0) is 27.9 Å². The number of carbonyl (C=O) groups is 1. The van der Waals surface area contributed by atoms with E-state index < -0.39 is 13.9 Å². The van der Waals surface area contributed by atoms with Crippen LogP contribution in [0.3, 0.4) is 0 Å². The number of phosphoric ester groups is 1. The van der Waals surface area contributed by atoms with Crippen molar-refractivity contribution in [3.8, 4) is 0 Å². The second kappa shape index (κ2) is 39.3. The fourth-order valence-corrected chi connectivity index (χ4v) is 6.66. The van der Waals surface area contributed by atoms with Crippen LogP contribution in [0.1, 0.15) is 181 Å². The van der Waals surface area contributed by atoms with Gasteiger partial charge in [-0.15, -0.1) is 0 Å². The Morgan fingerprint density at radius 2 is 1.05 bits per heavy atom. The molecule has 0 saturated carbocycles. The summed E-state index contributed by atoms with van der Waals surface area (Å²) in [7, 11) is 1.65. The summed E-state index contributed by atoms with van der Waals surface area (Å²) in [6, 6.07) is 0. The monoisotopic (exact) mass is 797 g/mol. The van der Waals surface area contributed by atoms with Crippen molar-refractivity contribution >= 4 is 13.8 Å². The molecule has 0 aliphatic carbocycles. The molecule has 0 aliphatic heterocycles. The van der Waals surface area contributed by atoms with E-state index in [1.807, 2.05) is 21.1 Å². The first kappa shape index (κ1) is 53.5. The maximum absolute atomic E-state index is 12.7. The van der Waals surface area contributed by atoms with Crippen LogP contribution in [0.4, 0.5) is 0 Å². The molecule has 0 aromatic carbocycles. The molecule has 8 nitrogen and oxygen atoms in total. The van der Waals surface area contributed by atoms with Crippen molar-refractivity contribution in [2.24, 2.45) is 0 Å². The van der Waals surface area contributed by atoms with Crippen molar-refractivity contribution in [3.63, 3.8) is 0 Å². The average molecular weight is 797 g/mol. The van der Waals surface area contributed by atoms with Gasteiger partial charge in [0, 0.05) is 13.0 Å². The van der Waals surface area contributed by atoms with Gasteiger partial charge in [0.15, 0.2) is 0 Å². The zero-order valence-electron chi connectivity index (χ0n) is 36.4. The second-order valence-corrected chi connectivity index (χ2v) is 17.5. The summed E-state index contributed by atoms with van der Waals surface area (Å²) in [5.41, 5.74) is 0. The number of ether oxygens (including phenoxy) is 2. The standard InChI is InChI=1S/C46H86NO7P/c1-6-8-10-12-14-16-18-20-22-23-24-26-28-30-32-34-36-38-41-51-43-45(44-53-55(49,50)52-42-40-47(3,4)5)54-46(48)39-37-35-33-31-29-27-25-21-19-17-15-13-11-9-7-2/h9,11,15,17,20-22,25,45H,6-8,10,12-14,16,18-19,23-24,26-44H2,1-5H3/p+1/b11-9-,17-15-,22-20-,25-21-. The molecule has 2 unspecified atom stereocenters. The molecule has 0 aliphatic rings. The first-order chi connectivity index (χ1) is 26.6. The Bertz CT molecular complexity index is 1020. The highest BCUT2D eigenvalue weighted by Crippen LogP contribution is 2.43. The maximum Gasteiger partial charge on any atom is 0.472 e. The lowest BCUT2D eigenvalue weighted by Crippen LogP contribution is -2.37. The number of hydrogen-bond donors (Lipinski definition) is 1. The van der Waals surface area contributed by atoms with Crippen LogP contribution in [0.2, 0.25) is 0 Å². The van der Waals surface area contributed by atoms with E-state index in [1.54, 1.807) is 0 Å². The van der Waals surface area contributed by atoms with Crippen molar-refractivity contribution < 1.29 is 37.3 Å². The number of hydrogen-bond acceptors (Lipinski definition) is 6. The normalized spacial score (nSPS) is 14.2. The van der Waals surface area contributed by atoms with Gasteiger partial charge in [-0.1, -0.05) is 152 Å². The highest BCUT2D eigenvalue weighted by molar-refractivity contribution is 7.47. The van der Waals surface area contributed by atoms with Crippen molar-refractivity contribution in [2.45, 2.75) is 187 Å². The second-order valence-electron chi connectivity index (χ2n) is 16.0. The van der Waals surface area contributed by atoms with Crippen molar-refractivity contribution in [2.75, 3.05) is 54.1 Å². The van der Waals surface area contributed by atoms with Gasteiger partial charge in [0.05, 0.1) is 34.4 Å². The van der Waals surface area contributed by atoms with E-state index in [9.17, 15) is 14.3 Å². The number of unbranched alkanes of at least 4 members (excludes halogenated alkanes) is 19. The Morgan fingerprint density at radius 1 is 0.582 bits per heavy atom. The highest BCUT2D eigenvalue weighted by Gasteiger charge is 2.26. The zero-order valence-corrected chi connectivity index (χ0v) is 37.3. The van der Waals surface area contributed by atoms with Gasteiger partial charge in [-0.3, -0.25) is 13.8 Å². The minimum Gasteiger partial charge on any atom is -0.457 e. The number of carbonyl (C=O) groups excluding carboxylic acids is 1. The van der Waals surface area contributed by atoms with E-state index in [2.05, 4.69) is 62.5 Å². The summed E-state index contributed by atoms with van der Waals surface area (Å²) in [6.45, 7) is 5.48. The molecule has 322 valence electrons. The molecule has 0 radical (unpaired) electrons. The quantitative estimate of drug-likeness (QED) is 0.0217. The molecule has 0 aromatic heterocycles. The Hall–Kier alpha value is -1.54. The zero-order chi connectivity index (χ0) is 40.6. The molecular weight excluding hydrogens is 709 g/mol. The molecule has 0 saturated heterocycles. The predicted octanol–water partition coefficient (Wildman–Crippen LogP) is 13.2. The van der Waals surface area contributed by atoms with Crippen LogP contribution in [-0.4, -0.2) is 75.6 Å². The van der Waals surface area contributed by atoms with Crippen molar-refractivity contribution in [1.29, 1.82) is 0 Å². The molecule has 2 atom stereocenters. The summed E-state index contributed by atoms with van der Waals surface area (Å²) in [6.07, 6.45) is 47.1. The molecule has 0 fully saturated rings. The Kier molecular flexibility index (Phi) is 38.2. The Balaban J connectivity index is 4.24. The van der Waals surface area contributed by atoms with E-state index in [0.29, 0.717) is 24.1 Å². The third-order valence-electron chi connectivity index (χ3n) is 9.37. The Morgan fingerprint density at radius 3 is 1.60 bits per heavy atom. The van der Waals surface area contributed by atoms with Crippen LogP contribution in [0.25, 0.3) is 0 Å². The van der Waals surface area contributed by atoms with Crippen LogP contribution in [0, 0.1) is 0 Å². The summed E-state index contributed by atoms with van der Waals surface area (Å²) in [5, 5.41) is 0. The van der Waals surface area contributed by atoms with E-state index in [1.165, 1.54) is 89.9 Å². The molecule has 1 N–H and O–H groups in total. The maximum atomic E-state index is 12.7. The lowest BCUT2D eigenvalue weighted by Gasteiger charge is -2.24. The minimum atomic E-state index is -4.28. The number of esters is 1. The molecule has 0 aromatic rings. The molecule has 9 heteroatoms. The largest absolute Gasteiger partial charge is 0.472 e. The van der Waals surface area contributed by atoms with E-state index >= 15 is 0 Å². The SMILES string of the molecule is CC/C=C\C/C=C\C/C=C\CCCCCCCC(=O)OC(COCCCCCCCCCC/C=C\CCCCCCCC)COP(=O)(O)OCC[N+](C)(C)C. The lowest BCUT2D eigenvalue weighted by molar-refractivity contribution is -0.870. The van der Waals surface area contributed by atoms with Crippen molar-refractivity contribution in [1.82, 2.24) is 0 Å². The summed E-state index contributed by atoms with van der Waals surface area (Å²) < 4.78 is 35.0. The first-order valence-electron chi connectivity index (χ1n) is 22.4. The number of phosphoric acid groups is 1. The number of quaternary nitrogens is 1. The first-order valence-corrected chi connectivity index (χ1v) is 23.9. The fourth-order valence-electron chi connectivity index (χ4n) is 5.91. The van der Waals surface area contributed by atoms with Gasteiger partial charge in [-0.05, 0) is 70.6 Å². The fraction of sp³-hybridized carbons (Fsp3) is 0.804. The summed E-state index contributed by atoms with van der Waals surface area (Å²) in [4.78, 5) is 22.9. The van der Waals surface area contributed by atoms with E-state index in [0.717, 1.165) is 70.6 Å². The molecule has 0 amide bonds. The number of likely N-dealkylation sites (N-methyl/N-ethyl adjacent to an activating group) is 1. The van der Waals surface area contributed by atoms with Gasteiger partial charge in [-0.25, -0.2) is 4.57 Å². The minimum absolute atomic E-state index is 0.0831. The van der Waals surface area contributed by atoms with Gasteiger partial charge in [0.1, 0.15) is 19.3 Å². The van der Waals surface area contributed by atoms with Gasteiger partial charge in [-0.2, -0.15) is 0 Å². The van der Waals surface area contributed by atoms with Crippen LogP contribution >= 0.6 is 7.82 Å². The summed E-state index contributed by atoms with van der Waals surface area (Å²) >= 11 is 0. The van der Waals surface area contributed by atoms with E-state index in [-0.39, 0.29) is 25.8 Å². The van der Waals surface area contributed by atoms with Crippen LogP contribution in [0.5, 0.6) is 0 Å². The van der Waals surface area contributed by atoms with Gasteiger partial charge in [0.2, 0.25) is 0 Å². The van der Waals surface area contributed by atoms with Crippen LogP contribution < -0.4 is 0 Å². The molecular formula is C46H87NO7P+. The number of allylic oxidation sites excluding steroid dienone is 8. The lowest BCUT2D eigenvalue weighted by atomic mass is 10.1. The van der Waals surface area contributed by atoms with Crippen LogP contribution in [0.15, 0.2) is 48.6 Å². The van der Waals surface area contributed by atoms with E-state index in [4.69, 9.17) is 18.5 Å². The predicted molar refractivity (Wildman–Crippen MR) is 233 cm³/mol. The topological polar surface area (TPSA) is 91.3 Å².